The summed E-state index contributed by atoms with van der Waals surface area (Å²) < 4.78 is 54.5. The van der Waals surface area contributed by atoms with Crippen LogP contribution in [0.5, 0.6) is 0 Å². The van der Waals surface area contributed by atoms with Gasteiger partial charge in [-0.1, -0.05) is 53.1 Å². The average Bonchev–Trinajstić information content (AvgIpc) is 2.10. The smallest absolute Gasteiger partial charge is 0.198 e. The highest BCUT2D eigenvalue weighted by Gasteiger charge is 2.44. The molecule has 0 aromatic carbocycles. The molecular weight excluding hydrogens is 344 g/mol. The van der Waals surface area contributed by atoms with Gasteiger partial charge in [0.2, 0.25) is 0 Å². The summed E-state index contributed by atoms with van der Waals surface area (Å²) >= 11 is 0. The van der Waals surface area contributed by atoms with Crippen LogP contribution in [-0.2, 0) is 23.9 Å². The molecule has 0 aliphatic rings. The monoisotopic (exact) mass is 374 g/mol. The first kappa shape index (κ1) is 21.3. The summed E-state index contributed by atoms with van der Waals surface area (Å²) in [6.45, 7) is 15.0. The number of hydrogen-bond donors (Lipinski definition) is 0. The Bertz CT molecular complexity index is 491. The van der Waals surface area contributed by atoms with E-state index >= 15 is 0 Å². The van der Waals surface area contributed by atoms with Crippen LogP contribution in [0.4, 0.5) is 0 Å². The molecule has 128 valence electrons. The lowest BCUT2D eigenvalue weighted by Crippen LogP contribution is -2.49. The Kier molecular flexibility index (Phi) is 6.91. The van der Waals surface area contributed by atoms with Crippen LogP contribution in [0.15, 0.2) is 0 Å². The standard InChI is InChI=1S/C12H30O5S2Si2/c1-9-11(20(3,4)5)18(13,14)17-19(15,16)12(10-2)21(6,7)8/h11-12H,9-10H2,1-8H3. The van der Waals surface area contributed by atoms with Crippen molar-refractivity contribution in [2.45, 2.75) is 75.7 Å². The maximum absolute atomic E-state index is 12.4. The van der Waals surface area contributed by atoms with E-state index in [1.807, 2.05) is 39.3 Å². The quantitative estimate of drug-likeness (QED) is 0.610. The zero-order valence-corrected chi connectivity index (χ0v) is 18.1. The topological polar surface area (TPSA) is 77.5 Å². The average molecular weight is 375 g/mol. The molecule has 9 heteroatoms. The molecule has 0 saturated carbocycles. The molecule has 21 heavy (non-hydrogen) atoms. The summed E-state index contributed by atoms with van der Waals surface area (Å²) in [6.07, 6.45) is 0.745. The fraction of sp³-hybridized carbons (Fsp3) is 1.00. The third-order valence-electron chi connectivity index (χ3n) is 3.56. The van der Waals surface area contributed by atoms with Gasteiger partial charge >= 0.3 is 0 Å². The van der Waals surface area contributed by atoms with E-state index in [2.05, 4.69) is 0 Å². The van der Waals surface area contributed by atoms with Gasteiger partial charge < -0.3 is 0 Å². The van der Waals surface area contributed by atoms with Gasteiger partial charge in [0, 0.05) is 0 Å². The molecule has 5 nitrogen and oxygen atoms in total. The molecule has 0 aromatic heterocycles. The van der Waals surface area contributed by atoms with Gasteiger partial charge in [0.05, 0.1) is 25.9 Å². The van der Waals surface area contributed by atoms with Gasteiger partial charge in [0.25, 0.3) is 20.2 Å². The fourth-order valence-electron chi connectivity index (χ4n) is 2.73. The summed E-state index contributed by atoms with van der Waals surface area (Å²) in [5, 5.41) is 0. The minimum absolute atomic E-state index is 0.372. The number of hydrogen-bond acceptors (Lipinski definition) is 5. The van der Waals surface area contributed by atoms with Crippen molar-refractivity contribution in [1.82, 2.24) is 0 Å². The first-order valence-electron chi connectivity index (χ1n) is 7.28. The van der Waals surface area contributed by atoms with Gasteiger partial charge in [0.15, 0.2) is 0 Å². The van der Waals surface area contributed by atoms with Crippen molar-refractivity contribution in [1.29, 1.82) is 0 Å². The van der Waals surface area contributed by atoms with Gasteiger partial charge in [-0.2, -0.15) is 16.8 Å². The Morgan fingerprint density at radius 3 is 1.10 bits per heavy atom. The third kappa shape index (κ3) is 5.77. The van der Waals surface area contributed by atoms with Crippen molar-refractivity contribution >= 4 is 36.4 Å². The van der Waals surface area contributed by atoms with Crippen molar-refractivity contribution in [3.8, 4) is 0 Å². The lowest BCUT2D eigenvalue weighted by atomic mass is 10.6. The first-order chi connectivity index (χ1) is 9.09. The van der Waals surface area contributed by atoms with Crippen molar-refractivity contribution in [2.24, 2.45) is 0 Å². The van der Waals surface area contributed by atoms with E-state index in [0.29, 0.717) is 12.8 Å². The highest BCUT2D eigenvalue weighted by molar-refractivity contribution is 8.02. The van der Waals surface area contributed by atoms with Crippen molar-refractivity contribution < 1.29 is 20.5 Å². The molecule has 0 radical (unpaired) electrons. The second kappa shape index (κ2) is 6.82. The van der Waals surface area contributed by atoms with Crippen LogP contribution < -0.4 is 0 Å². The zero-order chi connectivity index (χ0) is 17.3. The second-order valence-corrected chi connectivity index (χ2v) is 22.9. The summed E-state index contributed by atoms with van der Waals surface area (Å²) in [5.41, 5.74) is 0. The van der Waals surface area contributed by atoms with E-state index in [1.165, 1.54) is 0 Å². The number of rotatable bonds is 8. The zero-order valence-electron chi connectivity index (χ0n) is 14.4. The molecule has 0 amide bonds. The van der Waals surface area contributed by atoms with E-state index in [0.717, 1.165) is 0 Å². The predicted octanol–water partition coefficient (Wildman–Crippen LogP) is 2.97. The Morgan fingerprint density at radius 2 is 0.952 bits per heavy atom. The van der Waals surface area contributed by atoms with Gasteiger partial charge in [-0.3, -0.25) is 0 Å². The van der Waals surface area contributed by atoms with E-state index in [4.69, 9.17) is 3.63 Å². The summed E-state index contributed by atoms with van der Waals surface area (Å²) in [6, 6.07) is 0. The molecule has 0 N–H and O–H groups in total. The molecule has 0 aromatic rings. The molecule has 0 heterocycles. The maximum Gasteiger partial charge on any atom is 0.282 e. The Hall–Kier alpha value is 0.294. The molecule has 0 saturated heterocycles. The van der Waals surface area contributed by atoms with Crippen LogP contribution in [0.1, 0.15) is 26.7 Å². The maximum atomic E-state index is 12.4. The molecule has 0 rings (SSSR count). The van der Waals surface area contributed by atoms with E-state index in [9.17, 15) is 16.8 Å². The van der Waals surface area contributed by atoms with Gasteiger partial charge in [-0.05, 0) is 12.8 Å². The Morgan fingerprint density at radius 1 is 0.714 bits per heavy atom. The molecule has 0 fully saturated rings. The van der Waals surface area contributed by atoms with E-state index in [1.54, 1.807) is 13.8 Å². The first-order valence-corrected chi connectivity index (χ1v) is 17.4. The summed E-state index contributed by atoms with van der Waals surface area (Å²) in [7, 11) is -12.4. The highest BCUT2D eigenvalue weighted by Crippen LogP contribution is 2.27. The van der Waals surface area contributed by atoms with Crippen LogP contribution in [0.2, 0.25) is 39.3 Å². The molecule has 2 unspecified atom stereocenters. The molecule has 0 aliphatic carbocycles. The van der Waals surface area contributed by atoms with Crippen LogP contribution >= 0.6 is 0 Å². The van der Waals surface area contributed by atoms with Gasteiger partial charge in [-0.15, -0.1) is 3.63 Å². The van der Waals surface area contributed by atoms with Crippen molar-refractivity contribution in [2.75, 3.05) is 0 Å². The lowest BCUT2D eigenvalue weighted by Gasteiger charge is -2.30. The molecule has 0 aliphatic heterocycles. The van der Waals surface area contributed by atoms with Crippen molar-refractivity contribution in [3.05, 3.63) is 0 Å². The minimum Gasteiger partial charge on any atom is -0.198 e. The van der Waals surface area contributed by atoms with Crippen LogP contribution in [0.3, 0.4) is 0 Å². The van der Waals surface area contributed by atoms with Crippen LogP contribution in [-0.4, -0.2) is 42.7 Å². The summed E-state index contributed by atoms with van der Waals surface area (Å²) in [4.78, 5) is -1.42. The SMILES string of the molecule is CCC([Si](C)(C)C)S(=O)(=O)OS(=O)(=O)C(CC)[Si](C)(C)C. The lowest BCUT2D eigenvalue weighted by molar-refractivity contribution is 0.453. The summed E-state index contributed by atoms with van der Waals surface area (Å²) in [5.74, 6) is 0. The molecule has 0 spiro atoms. The van der Waals surface area contributed by atoms with E-state index in [-0.39, 0.29) is 0 Å². The van der Waals surface area contributed by atoms with Gasteiger partial charge in [-0.25, -0.2) is 0 Å². The second-order valence-electron chi connectivity index (χ2n) is 7.58. The fourth-order valence-corrected chi connectivity index (χ4v) is 15.4. The molecule has 2 atom stereocenters. The van der Waals surface area contributed by atoms with E-state index < -0.39 is 46.1 Å². The van der Waals surface area contributed by atoms with Crippen molar-refractivity contribution in [3.63, 3.8) is 0 Å². The van der Waals surface area contributed by atoms with Gasteiger partial charge in [0.1, 0.15) is 0 Å². The largest absolute Gasteiger partial charge is 0.282 e. The molecule has 0 bridgehead atoms. The molecular formula is C12H30O5S2Si2. The van der Waals surface area contributed by atoms with Crippen LogP contribution in [0, 0.1) is 0 Å². The third-order valence-corrected chi connectivity index (χ3v) is 17.8. The minimum atomic E-state index is -4.11. The van der Waals surface area contributed by atoms with Crippen LogP contribution in [0.25, 0.3) is 0 Å². The Balaban J connectivity index is 5.64. The normalized spacial score (nSPS) is 17.5. The Labute approximate surface area is 132 Å². The highest BCUT2D eigenvalue weighted by atomic mass is 32.3. The predicted molar refractivity (Wildman–Crippen MR) is 93.8 cm³/mol.